The van der Waals surface area contributed by atoms with Gasteiger partial charge >= 0.3 is 0 Å². The number of rotatable bonds is 1. The van der Waals surface area contributed by atoms with Gasteiger partial charge in [-0.25, -0.2) is 9.97 Å². The second kappa shape index (κ2) is 3.48. The maximum Gasteiger partial charge on any atom is 0.219 e. The Bertz CT molecular complexity index is 522. The molecule has 0 radical (unpaired) electrons. The summed E-state index contributed by atoms with van der Waals surface area (Å²) in [5.74, 6) is 1.24. The van der Waals surface area contributed by atoms with Gasteiger partial charge in [-0.15, -0.1) is 0 Å². The van der Waals surface area contributed by atoms with Crippen molar-refractivity contribution >= 4 is 5.95 Å². The summed E-state index contributed by atoms with van der Waals surface area (Å²) in [6.45, 7) is 0.752. The highest BCUT2D eigenvalue weighted by molar-refractivity contribution is 5.71. The molecule has 1 aromatic heterocycles. The zero-order valence-electron chi connectivity index (χ0n) is 8.68. The van der Waals surface area contributed by atoms with Gasteiger partial charge in [0.15, 0.2) is 0 Å². The molecule has 0 saturated carbocycles. The Labute approximate surface area is 93.1 Å². The van der Waals surface area contributed by atoms with Crippen LogP contribution in [0.15, 0.2) is 30.6 Å². The molecule has 0 unspecified atom stereocenters. The highest BCUT2D eigenvalue weighted by atomic mass is 16.5. The normalized spacial score (nSPS) is 13.2. The molecule has 0 aliphatic carbocycles. The maximum absolute atomic E-state index is 5.63. The van der Waals surface area contributed by atoms with Gasteiger partial charge in [-0.05, 0) is 5.56 Å². The van der Waals surface area contributed by atoms with Crippen LogP contribution in [0, 0.1) is 0 Å². The summed E-state index contributed by atoms with van der Waals surface area (Å²) < 4.78 is 5.63. The predicted molar refractivity (Wildman–Crippen MR) is 61.1 cm³/mol. The minimum atomic E-state index is 0.289. The van der Waals surface area contributed by atoms with Crippen LogP contribution in [0.1, 0.15) is 5.56 Å². The van der Waals surface area contributed by atoms with Gasteiger partial charge in [-0.2, -0.15) is 0 Å². The van der Waals surface area contributed by atoms with Crippen LogP contribution >= 0.6 is 0 Å². The minimum absolute atomic E-state index is 0.289. The van der Waals surface area contributed by atoms with Gasteiger partial charge in [0, 0.05) is 29.9 Å². The zero-order valence-corrected chi connectivity index (χ0v) is 8.68. The number of benzene rings is 1. The number of aromatic nitrogens is 2. The van der Waals surface area contributed by atoms with Crippen molar-refractivity contribution in [2.45, 2.75) is 6.42 Å². The van der Waals surface area contributed by atoms with Gasteiger partial charge in [-0.1, -0.05) is 18.2 Å². The van der Waals surface area contributed by atoms with Crippen LogP contribution in [0.5, 0.6) is 5.75 Å². The molecule has 4 heteroatoms. The van der Waals surface area contributed by atoms with Crippen LogP contribution in [-0.4, -0.2) is 16.6 Å². The molecule has 0 amide bonds. The Morgan fingerprint density at radius 2 is 2.00 bits per heavy atom. The molecule has 4 nitrogen and oxygen atoms in total. The summed E-state index contributed by atoms with van der Waals surface area (Å²) in [4.78, 5) is 7.98. The molecule has 80 valence electrons. The molecular formula is C12H11N3O. The van der Waals surface area contributed by atoms with E-state index in [9.17, 15) is 0 Å². The summed E-state index contributed by atoms with van der Waals surface area (Å²) in [6, 6.07) is 6.13. The third-order valence-corrected chi connectivity index (χ3v) is 2.70. The summed E-state index contributed by atoms with van der Waals surface area (Å²) in [7, 11) is 0. The minimum Gasteiger partial charge on any atom is -0.492 e. The molecule has 0 fully saturated rings. The number of ether oxygens (including phenoxy) is 1. The molecule has 0 atom stereocenters. The SMILES string of the molecule is Nc1ncc(-c2cccc3c2OCC3)cn1. The lowest BCUT2D eigenvalue weighted by Crippen LogP contribution is -1.94. The van der Waals surface area contributed by atoms with E-state index in [0.717, 1.165) is 29.9 Å². The first-order valence-corrected chi connectivity index (χ1v) is 5.17. The maximum atomic E-state index is 5.63. The van der Waals surface area contributed by atoms with E-state index in [-0.39, 0.29) is 5.95 Å². The number of fused-ring (bicyclic) bond motifs is 1. The smallest absolute Gasteiger partial charge is 0.219 e. The first-order chi connectivity index (χ1) is 7.84. The standard InChI is InChI=1S/C12H11N3O/c13-12-14-6-9(7-15-12)10-3-1-2-8-4-5-16-11(8)10/h1-3,6-7H,4-5H2,(H2,13,14,15). The number of hydrogen-bond acceptors (Lipinski definition) is 4. The van der Waals surface area contributed by atoms with Crippen molar-refractivity contribution in [1.29, 1.82) is 0 Å². The lowest BCUT2D eigenvalue weighted by Gasteiger charge is -2.07. The molecule has 3 rings (SSSR count). The van der Waals surface area contributed by atoms with Crippen molar-refractivity contribution in [3.63, 3.8) is 0 Å². The third kappa shape index (κ3) is 1.39. The van der Waals surface area contributed by atoms with Crippen molar-refractivity contribution in [3.05, 3.63) is 36.2 Å². The molecule has 1 aromatic carbocycles. The van der Waals surface area contributed by atoms with Gasteiger partial charge in [0.25, 0.3) is 0 Å². The number of hydrogen-bond donors (Lipinski definition) is 1. The molecule has 2 aromatic rings. The molecule has 2 N–H and O–H groups in total. The number of nitrogens with two attached hydrogens (primary N) is 1. The van der Waals surface area contributed by atoms with E-state index in [4.69, 9.17) is 10.5 Å². The van der Waals surface area contributed by atoms with Gasteiger partial charge in [-0.3, -0.25) is 0 Å². The molecule has 1 aliphatic rings. The van der Waals surface area contributed by atoms with E-state index in [0.29, 0.717) is 0 Å². The number of anilines is 1. The Balaban J connectivity index is 2.13. The van der Waals surface area contributed by atoms with Gasteiger partial charge in [0.2, 0.25) is 5.95 Å². The van der Waals surface area contributed by atoms with E-state index in [1.165, 1.54) is 5.56 Å². The van der Waals surface area contributed by atoms with Crippen LogP contribution in [0.2, 0.25) is 0 Å². The summed E-state index contributed by atoms with van der Waals surface area (Å²) in [5, 5.41) is 0. The fourth-order valence-corrected chi connectivity index (χ4v) is 1.92. The van der Waals surface area contributed by atoms with Crippen molar-refractivity contribution in [2.24, 2.45) is 0 Å². The van der Waals surface area contributed by atoms with E-state index in [2.05, 4.69) is 16.0 Å². The fraction of sp³-hybridized carbons (Fsp3) is 0.167. The van der Waals surface area contributed by atoms with E-state index in [1.807, 2.05) is 12.1 Å². The van der Waals surface area contributed by atoms with E-state index < -0.39 is 0 Å². The second-order valence-corrected chi connectivity index (χ2v) is 3.72. The number of para-hydroxylation sites is 1. The molecule has 0 saturated heterocycles. The van der Waals surface area contributed by atoms with E-state index in [1.54, 1.807) is 12.4 Å². The summed E-state index contributed by atoms with van der Waals surface area (Å²) in [6.07, 6.45) is 4.41. The first-order valence-electron chi connectivity index (χ1n) is 5.17. The average Bonchev–Trinajstić information content (AvgIpc) is 2.78. The molecule has 16 heavy (non-hydrogen) atoms. The molecule has 0 spiro atoms. The first kappa shape index (κ1) is 9.15. The second-order valence-electron chi connectivity index (χ2n) is 3.72. The van der Waals surface area contributed by atoms with Gasteiger partial charge in [0.1, 0.15) is 5.75 Å². The Morgan fingerprint density at radius 3 is 2.81 bits per heavy atom. The van der Waals surface area contributed by atoms with Crippen LogP contribution in [0.4, 0.5) is 5.95 Å². The van der Waals surface area contributed by atoms with Crippen molar-refractivity contribution in [1.82, 2.24) is 9.97 Å². The van der Waals surface area contributed by atoms with Crippen molar-refractivity contribution in [2.75, 3.05) is 12.3 Å². The molecule has 1 aliphatic heterocycles. The highest BCUT2D eigenvalue weighted by Crippen LogP contribution is 2.36. The number of nitrogens with zero attached hydrogens (tertiary/aromatic N) is 2. The molecule has 0 bridgehead atoms. The fourth-order valence-electron chi connectivity index (χ4n) is 1.92. The average molecular weight is 213 g/mol. The van der Waals surface area contributed by atoms with Gasteiger partial charge in [0.05, 0.1) is 6.61 Å². The molecule has 2 heterocycles. The third-order valence-electron chi connectivity index (χ3n) is 2.70. The largest absolute Gasteiger partial charge is 0.492 e. The van der Waals surface area contributed by atoms with Crippen molar-refractivity contribution < 1.29 is 4.74 Å². The Kier molecular flexibility index (Phi) is 1.99. The highest BCUT2D eigenvalue weighted by Gasteiger charge is 2.16. The lowest BCUT2D eigenvalue weighted by molar-refractivity contribution is 0.358. The quantitative estimate of drug-likeness (QED) is 0.782. The zero-order chi connectivity index (χ0) is 11.0. The van der Waals surface area contributed by atoms with Crippen molar-refractivity contribution in [3.8, 4) is 16.9 Å². The summed E-state index contributed by atoms with van der Waals surface area (Å²) >= 11 is 0. The van der Waals surface area contributed by atoms with Crippen LogP contribution in [-0.2, 0) is 6.42 Å². The Morgan fingerprint density at radius 1 is 1.19 bits per heavy atom. The molecular weight excluding hydrogens is 202 g/mol. The predicted octanol–water partition coefficient (Wildman–Crippen LogP) is 1.66. The topological polar surface area (TPSA) is 61.0 Å². The van der Waals surface area contributed by atoms with E-state index >= 15 is 0 Å². The Hall–Kier alpha value is -2.10. The number of nitrogen functional groups attached to an aromatic ring is 1. The lowest BCUT2D eigenvalue weighted by atomic mass is 10.0. The van der Waals surface area contributed by atoms with Crippen LogP contribution in [0.3, 0.4) is 0 Å². The van der Waals surface area contributed by atoms with Gasteiger partial charge < -0.3 is 10.5 Å². The van der Waals surface area contributed by atoms with Crippen LogP contribution < -0.4 is 10.5 Å². The summed E-state index contributed by atoms with van der Waals surface area (Å²) in [5.41, 5.74) is 8.68. The monoisotopic (exact) mass is 213 g/mol. The van der Waals surface area contributed by atoms with Crippen LogP contribution in [0.25, 0.3) is 11.1 Å².